The van der Waals surface area contributed by atoms with E-state index in [9.17, 15) is 0 Å². The second-order valence-electron chi connectivity index (χ2n) is 8.04. The smallest absolute Gasteiger partial charge is 0.163 e. The van der Waals surface area contributed by atoms with E-state index in [1.807, 2.05) is 16.9 Å². The first-order valence-electron chi connectivity index (χ1n) is 10.6. The fraction of sp³-hybridized carbons (Fsp3) is 0.500. The van der Waals surface area contributed by atoms with Gasteiger partial charge in [-0.25, -0.2) is 14.6 Å². The molecule has 3 aromatic rings. The number of benzene rings is 1. The van der Waals surface area contributed by atoms with Crippen molar-refractivity contribution in [3.05, 3.63) is 48.4 Å². The van der Waals surface area contributed by atoms with E-state index in [0.29, 0.717) is 0 Å². The van der Waals surface area contributed by atoms with E-state index in [2.05, 4.69) is 49.1 Å². The average molecular weight is 377 g/mol. The molecule has 28 heavy (non-hydrogen) atoms. The first kappa shape index (κ1) is 17.6. The third-order valence-corrected chi connectivity index (χ3v) is 6.29. The Balaban J connectivity index is 1.32. The predicted molar refractivity (Wildman–Crippen MR) is 112 cm³/mol. The van der Waals surface area contributed by atoms with Gasteiger partial charge in [-0.3, -0.25) is 4.90 Å². The van der Waals surface area contributed by atoms with Gasteiger partial charge >= 0.3 is 0 Å². The molecule has 1 saturated carbocycles. The lowest BCUT2D eigenvalue weighted by Gasteiger charge is -2.41. The molecule has 0 N–H and O–H groups in total. The molecule has 2 aliphatic rings. The lowest BCUT2D eigenvalue weighted by Crippen LogP contribution is -2.51. The van der Waals surface area contributed by atoms with Crippen LogP contribution in [0, 0.1) is 0 Å². The van der Waals surface area contributed by atoms with Crippen molar-refractivity contribution in [2.45, 2.75) is 44.7 Å². The zero-order valence-corrected chi connectivity index (χ0v) is 16.4. The fourth-order valence-electron chi connectivity index (χ4n) is 4.75. The molecule has 1 saturated heterocycles. The Hall–Kier alpha value is -2.47. The van der Waals surface area contributed by atoms with Crippen LogP contribution in [-0.2, 0) is 6.54 Å². The summed E-state index contributed by atoms with van der Waals surface area (Å²) in [6.45, 7) is 5.07. The van der Waals surface area contributed by atoms with Crippen LogP contribution in [0.1, 0.15) is 37.7 Å². The zero-order valence-electron chi connectivity index (χ0n) is 16.4. The Morgan fingerprint density at radius 2 is 1.68 bits per heavy atom. The number of rotatable bonds is 4. The summed E-state index contributed by atoms with van der Waals surface area (Å²) in [6, 6.07) is 11.2. The molecular formula is C22H28N6. The van der Waals surface area contributed by atoms with E-state index in [1.54, 1.807) is 6.33 Å². The highest BCUT2D eigenvalue weighted by molar-refractivity contribution is 5.86. The Bertz CT molecular complexity index is 907. The molecule has 146 valence electrons. The van der Waals surface area contributed by atoms with Crippen molar-refractivity contribution in [2.75, 3.05) is 31.1 Å². The summed E-state index contributed by atoms with van der Waals surface area (Å²) < 4.78 is 1.98. The van der Waals surface area contributed by atoms with E-state index < -0.39 is 0 Å². The van der Waals surface area contributed by atoms with Gasteiger partial charge in [0.2, 0.25) is 0 Å². The number of fused-ring (bicyclic) bond motifs is 1. The van der Waals surface area contributed by atoms with Gasteiger partial charge in [-0.05, 0) is 18.4 Å². The molecule has 0 amide bonds. The minimum absolute atomic E-state index is 0.732. The molecule has 0 unspecified atom stereocenters. The van der Waals surface area contributed by atoms with Gasteiger partial charge in [0.05, 0.1) is 18.1 Å². The normalized spacial score (nSPS) is 19.4. The molecular weight excluding hydrogens is 348 g/mol. The molecule has 0 bridgehead atoms. The minimum atomic E-state index is 0.732. The standard InChI is InChI=1S/C22H28N6/c1-3-7-18(8-4-1)16-28-22-20(15-25-28)21(23-17-24-22)27-13-11-26(12-14-27)19-9-5-2-6-10-19/h1,3-4,7-8,15,17,19H,2,5-6,9-14,16H2. The van der Waals surface area contributed by atoms with Crippen molar-refractivity contribution in [1.29, 1.82) is 0 Å². The summed E-state index contributed by atoms with van der Waals surface area (Å²) in [5.74, 6) is 1.03. The molecule has 6 nitrogen and oxygen atoms in total. The van der Waals surface area contributed by atoms with Crippen LogP contribution in [0.15, 0.2) is 42.9 Å². The average Bonchev–Trinajstić information content (AvgIpc) is 3.18. The Labute approximate surface area is 166 Å². The van der Waals surface area contributed by atoms with Crippen LogP contribution >= 0.6 is 0 Å². The maximum Gasteiger partial charge on any atom is 0.163 e. The van der Waals surface area contributed by atoms with Crippen molar-refractivity contribution < 1.29 is 0 Å². The van der Waals surface area contributed by atoms with Crippen LogP contribution in [0.3, 0.4) is 0 Å². The predicted octanol–water partition coefficient (Wildman–Crippen LogP) is 3.33. The third kappa shape index (κ3) is 3.49. The van der Waals surface area contributed by atoms with Gasteiger partial charge in [0.1, 0.15) is 12.1 Å². The third-order valence-electron chi connectivity index (χ3n) is 6.29. The molecule has 0 spiro atoms. The van der Waals surface area contributed by atoms with E-state index in [-0.39, 0.29) is 0 Å². The van der Waals surface area contributed by atoms with Gasteiger partial charge in [0.25, 0.3) is 0 Å². The Kier molecular flexibility index (Phi) is 4.95. The van der Waals surface area contributed by atoms with Crippen LogP contribution in [0.2, 0.25) is 0 Å². The number of hydrogen-bond donors (Lipinski definition) is 0. The quantitative estimate of drug-likeness (QED) is 0.699. The number of nitrogens with zero attached hydrogens (tertiary/aromatic N) is 6. The number of anilines is 1. The highest BCUT2D eigenvalue weighted by atomic mass is 15.3. The molecule has 1 aliphatic carbocycles. The molecule has 3 heterocycles. The molecule has 1 aromatic carbocycles. The van der Waals surface area contributed by atoms with Crippen molar-refractivity contribution in [3.63, 3.8) is 0 Å². The van der Waals surface area contributed by atoms with Crippen LogP contribution < -0.4 is 4.90 Å². The monoisotopic (exact) mass is 376 g/mol. The van der Waals surface area contributed by atoms with Gasteiger partial charge in [-0.2, -0.15) is 5.10 Å². The van der Waals surface area contributed by atoms with Gasteiger partial charge in [-0.1, -0.05) is 49.6 Å². The maximum absolute atomic E-state index is 4.63. The van der Waals surface area contributed by atoms with E-state index in [1.165, 1.54) is 37.7 Å². The van der Waals surface area contributed by atoms with Crippen molar-refractivity contribution in [1.82, 2.24) is 24.6 Å². The van der Waals surface area contributed by atoms with E-state index in [0.717, 1.165) is 55.6 Å². The van der Waals surface area contributed by atoms with Crippen molar-refractivity contribution >= 4 is 16.9 Å². The summed E-state index contributed by atoms with van der Waals surface area (Å²) in [7, 11) is 0. The highest BCUT2D eigenvalue weighted by Crippen LogP contribution is 2.27. The molecule has 1 aliphatic heterocycles. The fourth-order valence-corrected chi connectivity index (χ4v) is 4.75. The summed E-state index contributed by atoms with van der Waals surface area (Å²) in [5, 5.41) is 5.67. The van der Waals surface area contributed by atoms with E-state index >= 15 is 0 Å². The van der Waals surface area contributed by atoms with Crippen molar-refractivity contribution in [2.24, 2.45) is 0 Å². The molecule has 2 fully saturated rings. The summed E-state index contributed by atoms with van der Waals surface area (Å²) >= 11 is 0. The minimum Gasteiger partial charge on any atom is -0.353 e. The maximum atomic E-state index is 4.63. The second kappa shape index (κ2) is 7.87. The van der Waals surface area contributed by atoms with Crippen LogP contribution in [0.5, 0.6) is 0 Å². The van der Waals surface area contributed by atoms with Crippen molar-refractivity contribution in [3.8, 4) is 0 Å². The highest BCUT2D eigenvalue weighted by Gasteiger charge is 2.26. The molecule has 6 heteroatoms. The van der Waals surface area contributed by atoms with E-state index in [4.69, 9.17) is 0 Å². The largest absolute Gasteiger partial charge is 0.353 e. The first-order valence-corrected chi connectivity index (χ1v) is 10.6. The van der Waals surface area contributed by atoms with Crippen LogP contribution in [-0.4, -0.2) is 56.9 Å². The number of hydrogen-bond acceptors (Lipinski definition) is 5. The lowest BCUT2D eigenvalue weighted by atomic mass is 9.94. The second-order valence-corrected chi connectivity index (χ2v) is 8.04. The summed E-state index contributed by atoms with van der Waals surface area (Å²) in [5.41, 5.74) is 2.15. The van der Waals surface area contributed by atoms with Gasteiger partial charge in [0.15, 0.2) is 5.65 Å². The SMILES string of the molecule is c1ccc(Cn2ncc3c(N4CCN(C5CCCCC5)CC4)ncnc32)cc1. The number of piperazine rings is 1. The molecule has 0 radical (unpaired) electrons. The Morgan fingerprint density at radius 3 is 2.46 bits per heavy atom. The topological polar surface area (TPSA) is 50.1 Å². The zero-order chi connectivity index (χ0) is 18.8. The lowest BCUT2D eigenvalue weighted by molar-refractivity contribution is 0.148. The number of aromatic nitrogens is 4. The summed E-state index contributed by atoms with van der Waals surface area (Å²) in [6.07, 6.45) is 10.6. The van der Waals surface area contributed by atoms with Crippen LogP contribution in [0.4, 0.5) is 5.82 Å². The summed E-state index contributed by atoms with van der Waals surface area (Å²) in [4.78, 5) is 14.3. The van der Waals surface area contributed by atoms with Gasteiger partial charge in [0, 0.05) is 32.2 Å². The Morgan fingerprint density at radius 1 is 0.893 bits per heavy atom. The van der Waals surface area contributed by atoms with Gasteiger partial charge in [-0.15, -0.1) is 0 Å². The molecule has 5 rings (SSSR count). The first-order chi connectivity index (χ1) is 13.9. The van der Waals surface area contributed by atoms with Gasteiger partial charge < -0.3 is 4.90 Å². The molecule has 2 aromatic heterocycles. The van der Waals surface area contributed by atoms with Crippen LogP contribution in [0.25, 0.3) is 11.0 Å². The molecule has 0 atom stereocenters.